The highest BCUT2D eigenvalue weighted by atomic mass is 19.3. The Morgan fingerprint density at radius 2 is 1.89 bits per heavy atom. The number of hydrogen-bond acceptors (Lipinski definition) is 1. The Morgan fingerprint density at radius 1 is 1.44 bits per heavy atom. The Kier molecular flexibility index (Phi) is 1.10. The molecule has 0 bridgehead atoms. The van der Waals surface area contributed by atoms with E-state index >= 15 is 0 Å². The Bertz CT molecular complexity index is 145. The van der Waals surface area contributed by atoms with Gasteiger partial charge in [-0.15, -0.1) is 6.58 Å². The van der Waals surface area contributed by atoms with Crippen LogP contribution in [0.4, 0.5) is 13.2 Å². The molecular weight excluding hydrogens is 133 g/mol. The predicted molar refractivity (Wildman–Crippen MR) is 24.7 cm³/mol. The molecule has 1 atom stereocenters. The van der Waals surface area contributed by atoms with Crippen molar-refractivity contribution in [2.24, 2.45) is 0 Å². The summed E-state index contributed by atoms with van der Waals surface area (Å²) < 4.78 is 39.1. The number of ether oxygens (including phenoxy) is 1. The molecule has 1 aliphatic rings. The molecule has 9 heavy (non-hydrogen) atoms. The van der Waals surface area contributed by atoms with Crippen molar-refractivity contribution >= 4 is 0 Å². The van der Waals surface area contributed by atoms with Crippen molar-refractivity contribution < 1.29 is 17.9 Å². The minimum Gasteiger partial charge on any atom is -0.270 e. The molecule has 4 heteroatoms. The van der Waals surface area contributed by atoms with E-state index in [1.165, 1.54) is 0 Å². The predicted octanol–water partition coefficient (Wildman–Crippen LogP) is 1.85. The van der Waals surface area contributed by atoms with Crippen LogP contribution in [-0.2, 0) is 4.74 Å². The minimum atomic E-state index is -3.58. The molecule has 0 radical (unpaired) electrons. The van der Waals surface area contributed by atoms with E-state index in [1.807, 2.05) is 0 Å². The van der Waals surface area contributed by atoms with Crippen LogP contribution in [0.5, 0.6) is 0 Å². The molecule has 1 aliphatic heterocycles. The summed E-state index contributed by atoms with van der Waals surface area (Å²) in [6.07, 6.45) is -2.98. The van der Waals surface area contributed by atoms with E-state index in [9.17, 15) is 13.2 Å². The molecule has 1 fully saturated rings. The maximum atomic E-state index is 12.2. The van der Waals surface area contributed by atoms with Gasteiger partial charge in [-0.2, -0.15) is 8.78 Å². The first-order valence-corrected chi connectivity index (χ1v) is 2.40. The van der Waals surface area contributed by atoms with Gasteiger partial charge in [0.25, 0.3) is 0 Å². The Morgan fingerprint density at radius 3 is 2.00 bits per heavy atom. The van der Waals surface area contributed by atoms with Crippen LogP contribution in [-0.4, -0.2) is 12.0 Å². The van der Waals surface area contributed by atoms with Crippen molar-refractivity contribution in [1.29, 1.82) is 0 Å². The van der Waals surface area contributed by atoms with Crippen LogP contribution < -0.4 is 0 Å². The standard InChI is InChI=1S/C5H5F3O/c1-2-3-4(6)5(7,8)9-4/h2H,1,3H2. The first kappa shape index (κ1) is 6.61. The summed E-state index contributed by atoms with van der Waals surface area (Å²) in [5, 5.41) is 0. The zero-order valence-electron chi connectivity index (χ0n) is 4.53. The van der Waals surface area contributed by atoms with Crippen LogP contribution >= 0.6 is 0 Å². The van der Waals surface area contributed by atoms with Crippen molar-refractivity contribution in [2.75, 3.05) is 0 Å². The van der Waals surface area contributed by atoms with Crippen LogP contribution in [0.25, 0.3) is 0 Å². The largest absolute Gasteiger partial charge is 0.418 e. The molecule has 0 aromatic heterocycles. The second-order valence-corrected chi connectivity index (χ2v) is 1.84. The van der Waals surface area contributed by atoms with Crippen molar-refractivity contribution in [3.8, 4) is 0 Å². The second-order valence-electron chi connectivity index (χ2n) is 1.84. The van der Waals surface area contributed by atoms with Crippen molar-refractivity contribution in [2.45, 2.75) is 18.4 Å². The molecule has 1 nitrogen and oxygen atoms in total. The number of epoxide rings is 1. The number of alkyl halides is 3. The van der Waals surface area contributed by atoms with Gasteiger partial charge >= 0.3 is 12.0 Å². The molecule has 0 aromatic carbocycles. The van der Waals surface area contributed by atoms with Gasteiger partial charge in [0.05, 0.1) is 0 Å². The van der Waals surface area contributed by atoms with Gasteiger partial charge in [-0.3, -0.25) is 4.74 Å². The SMILES string of the molecule is C=CCC1(F)OC1(F)F. The summed E-state index contributed by atoms with van der Waals surface area (Å²) in [5.41, 5.74) is 0. The topological polar surface area (TPSA) is 12.5 Å². The van der Waals surface area contributed by atoms with Crippen LogP contribution in [0.15, 0.2) is 12.7 Å². The first-order chi connectivity index (χ1) is 4.02. The van der Waals surface area contributed by atoms with Gasteiger partial charge < -0.3 is 0 Å². The van der Waals surface area contributed by atoms with E-state index in [0.717, 1.165) is 6.08 Å². The van der Waals surface area contributed by atoms with Crippen molar-refractivity contribution in [3.05, 3.63) is 12.7 Å². The molecule has 1 unspecified atom stereocenters. The first-order valence-electron chi connectivity index (χ1n) is 2.40. The summed E-state index contributed by atoms with van der Waals surface area (Å²) in [7, 11) is 0. The van der Waals surface area contributed by atoms with E-state index in [4.69, 9.17) is 0 Å². The molecular formula is C5H5F3O. The molecule has 0 spiro atoms. The Labute approximate surface area is 50.1 Å². The summed E-state index contributed by atoms with van der Waals surface area (Å²) >= 11 is 0. The van der Waals surface area contributed by atoms with Crippen LogP contribution in [0, 0.1) is 0 Å². The maximum absolute atomic E-state index is 12.2. The molecule has 1 heterocycles. The third-order valence-corrected chi connectivity index (χ3v) is 1.09. The lowest BCUT2D eigenvalue weighted by atomic mass is 10.3. The number of halogens is 3. The third-order valence-electron chi connectivity index (χ3n) is 1.09. The summed E-state index contributed by atoms with van der Waals surface area (Å²) in [6, 6.07) is 0. The van der Waals surface area contributed by atoms with Gasteiger partial charge in [0, 0.05) is 6.42 Å². The van der Waals surface area contributed by atoms with Crippen LogP contribution in [0.1, 0.15) is 6.42 Å². The average Bonchev–Trinajstić information content (AvgIpc) is 2.07. The molecule has 0 aliphatic carbocycles. The highest BCUT2D eigenvalue weighted by Crippen LogP contribution is 2.54. The minimum absolute atomic E-state index is 0.458. The Hall–Kier alpha value is -0.510. The highest BCUT2D eigenvalue weighted by molar-refractivity contribution is 4.97. The second kappa shape index (κ2) is 1.50. The van der Waals surface area contributed by atoms with Gasteiger partial charge in [0.1, 0.15) is 0 Å². The molecule has 0 amide bonds. The van der Waals surface area contributed by atoms with E-state index in [2.05, 4.69) is 11.3 Å². The van der Waals surface area contributed by atoms with E-state index in [0.29, 0.717) is 0 Å². The van der Waals surface area contributed by atoms with Crippen LogP contribution in [0.2, 0.25) is 0 Å². The van der Waals surface area contributed by atoms with E-state index < -0.39 is 18.4 Å². The van der Waals surface area contributed by atoms with Gasteiger partial charge in [-0.1, -0.05) is 6.08 Å². The molecule has 0 N–H and O–H groups in total. The van der Waals surface area contributed by atoms with Gasteiger partial charge in [-0.25, -0.2) is 4.39 Å². The lowest BCUT2D eigenvalue weighted by Gasteiger charge is -1.91. The maximum Gasteiger partial charge on any atom is 0.418 e. The lowest BCUT2D eigenvalue weighted by molar-refractivity contribution is -0.00151. The normalized spacial score (nSPS) is 38.1. The van der Waals surface area contributed by atoms with E-state index in [1.54, 1.807) is 0 Å². The molecule has 1 saturated heterocycles. The zero-order chi connectivity index (χ0) is 7.12. The van der Waals surface area contributed by atoms with Gasteiger partial charge in [-0.05, 0) is 0 Å². The van der Waals surface area contributed by atoms with Crippen LogP contribution in [0.3, 0.4) is 0 Å². The molecule has 0 aromatic rings. The fourth-order valence-corrected chi connectivity index (χ4v) is 0.524. The fraction of sp³-hybridized carbons (Fsp3) is 0.600. The van der Waals surface area contributed by atoms with Crippen molar-refractivity contribution in [1.82, 2.24) is 0 Å². The average molecular weight is 138 g/mol. The lowest BCUT2D eigenvalue weighted by Crippen LogP contribution is -2.09. The zero-order valence-corrected chi connectivity index (χ0v) is 4.53. The quantitative estimate of drug-likeness (QED) is 0.419. The monoisotopic (exact) mass is 138 g/mol. The Balaban J connectivity index is 2.52. The summed E-state index contributed by atoms with van der Waals surface area (Å²) in [5.74, 6) is -2.76. The van der Waals surface area contributed by atoms with E-state index in [-0.39, 0.29) is 0 Å². The van der Waals surface area contributed by atoms with Gasteiger partial charge in [0.15, 0.2) is 0 Å². The number of rotatable bonds is 2. The molecule has 0 saturated carbocycles. The number of hydrogen-bond donors (Lipinski definition) is 0. The summed E-state index contributed by atoms with van der Waals surface area (Å²) in [6.45, 7) is 3.10. The summed E-state index contributed by atoms with van der Waals surface area (Å²) in [4.78, 5) is 0. The molecule has 1 rings (SSSR count). The highest BCUT2D eigenvalue weighted by Gasteiger charge is 2.75. The smallest absolute Gasteiger partial charge is 0.270 e. The van der Waals surface area contributed by atoms with Gasteiger partial charge in [0.2, 0.25) is 0 Å². The fourth-order valence-electron chi connectivity index (χ4n) is 0.524. The van der Waals surface area contributed by atoms with Crippen molar-refractivity contribution in [3.63, 3.8) is 0 Å². The molecule has 52 valence electrons. The third kappa shape index (κ3) is 0.830.